The zero-order valence-corrected chi connectivity index (χ0v) is 12.9. The normalized spacial score (nSPS) is 27.0. The zero-order chi connectivity index (χ0) is 15.8. The van der Waals surface area contributed by atoms with Crippen LogP contribution in [0.25, 0.3) is 0 Å². The Morgan fingerprint density at radius 2 is 1.96 bits per heavy atom. The third-order valence-corrected chi connectivity index (χ3v) is 4.69. The fourth-order valence-corrected chi connectivity index (χ4v) is 3.36. The third kappa shape index (κ3) is 2.79. The molecule has 2 heterocycles. The maximum atomic E-state index is 12.6. The molecule has 6 nitrogen and oxygen atoms in total. The van der Waals surface area contributed by atoms with Gasteiger partial charge in [0.05, 0.1) is 19.3 Å². The van der Waals surface area contributed by atoms with Crippen LogP contribution < -0.4 is 0 Å². The lowest BCUT2D eigenvalue weighted by Gasteiger charge is -2.48. The molecule has 1 aromatic rings. The lowest BCUT2D eigenvalue weighted by Crippen LogP contribution is -2.68. The first-order valence-corrected chi connectivity index (χ1v) is 8.11. The highest BCUT2D eigenvalue weighted by molar-refractivity contribution is 5.88. The molecule has 6 heteroatoms. The van der Waals surface area contributed by atoms with E-state index >= 15 is 0 Å². The molecule has 2 bridgehead atoms. The fraction of sp³-hybridized carbons (Fsp3) is 0.529. The molecule has 1 saturated carbocycles. The minimum Gasteiger partial charge on any atom is -0.445 e. The maximum absolute atomic E-state index is 12.6. The van der Waals surface area contributed by atoms with Crippen LogP contribution in [0, 0.1) is 0 Å². The van der Waals surface area contributed by atoms with Crippen molar-refractivity contribution in [2.45, 2.75) is 37.6 Å². The van der Waals surface area contributed by atoms with E-state index in [4.69, 9.17) is 9.47 Å². The minimum absolute atomic E-state index is 0.000103. The van der Waals surface area contributed by atoms with Crippen LogP contribution >= 0.6 is 0 Å². The molecule has 3 aliphatic rings. The molecule has 0 unspecified atom stereocenters. The van der Waals surface area contributed by atoms with E-state index in [1.54, 1.807) is 4.90 Å². The van der Waals surface area contributed by atoms with E-state index in [9.17, 15) is 9.59 Å². The summed E-state index contributed by atoms with van der Waals surface area (Å²) in [6.45, 7) is 1.50. The average molecular weight is 316 g/mol. The summed E-state index contributed by atoms with van der Waals surface area (Å²) in [5.41, 5.74) is 0.935. The van der Waals surface area contributed by atoms with E-state index in [1.165, 1.54) is 0 Å². The number of hydrogen-bond donors (Lipinski definition) is 0. The summed E-state index contributed by atoms with van der Waals surface area (Å²) in [5.74, 6) is 0.000103. The SMILES string of the molecule is O=C1[C@@H]2COC[C@H](CN1C1CC1)N2C(=O)OCc1ccccc1. The monoisotopic (exact) mass is 316 g/mol. The van der Waals surface area contributed by atoms with E-state index < -0.39 is 12.1 Å². The second-order valence-electron chi connectivity index (χ2n) is 6.38. The minimum atomic E-state index is -0.536. The first-order chi connectivity index (χ1) is 11.2. The van der Waals surface area contributed by atoms with E-state index in [-0.39, 0.29) is 25.2 Å². The fourth-order valence-electron chi connectivity index (χ4n) is 3.36. The molecule has 1 aromatic carbocycles. The van der Waals surface area contributed by atoms with Gasteiger partial charge in [-0.15, -0.1) is 0 Å². The number of rotatable bonds is 3. The molecule has 1 aliphatic carbocycles. The Bertz CT molecular complexity index is 602. The van der Waals surface area contributed by atoms with Crippen molar-refractivity contribution in [3.8, 4) is 0 Å². The quantitative estimate of drug-likeness (QED) is 0.846. The highest BCUT2D eigenvalue weighted by atomic mass is 16.6. The van der Waals surface area contributed by atoms with Gasteiger partial charge in [0.15, 0.2) is 0 Å². The van der Waals surface area contributed by atoms with Gasteiger partial charge in [-0.3, -0.25) is 9.69 Å². The molecule has 0 aromatic heterocycles. The summed E-state index contributed by atoms with van der Waals surface area (Å²) in [7, 11) is 0. The van der Waals surface area contributed by atoms with Gasteiger partial charge in [-0.2, -0.15) is 0 Å². The van der Waals surface area contributed by atoms with Gasteiger partial charge >= 0.3 is 6.09 Å². The number of hydrogen-bond acceptors (Lipinski definition) is 4. The summed E-state index contributed by atoms with van der Waals surface area (Å²) >= 11 is 0. The van der Waals surface area contributed by atoms with Crippen LogP contribution in [0.3, 0.4) is 0 Å². The first kappa shape index (κ1) is 14.5. The predicted octanol–water partition coefficient (Wildman–Crippen LogP) is 1.40. The Kier molecular flexibility index (Phi) is 3.69. The van der Waals surface area contributed by atoms with Gasteiger partial charge in [-0.25, -0.2) is 4.79 Å². The van der Waals surface area contributed by atoms with Crippen molar-refractivity contribution < 1.29 is 19.1 Å². The van der Waals surface area contributed by atoms with E-state index in [0.29, 0.717) is 19.2 Å². The number of amides is 2. The number of piperazine rings is 1. The molecule has 3 fully saturated rings. The first-order valence-electron chi connectivity index (χ1n) is 8.11. The smallest absolute Gasteiger partial charge is 0.411 e. The Morgan fingerprint density at radius 3 is 2.70 bits per heavy atom. The zero-order valence-electron chi connectivity index (χ0n) is 12.9. The van der Waals surface area contributed by atoms with Gasteiger partial charge in [0.1, 0.15) is 12.6 Å². The number of carbonyl (C=O) groups excluding carboxylic acids is 2. The summed E-state index contributed by atoms with van der Waals surface area (Å²) in [5, 5.41) is 0. The van der Waals surface area contributed by atoms with Gasteiger partial charge in [-0.05, 0) is 18.4 Å². The Labute approximate surface area is 134 Å². The van der Waals surface area contributed by atoms with Gasteiger partial charge in [0, 0.05) is 12.6 Å². The molecular formula is C17H20N2O4. The van der Waals surface area contributed by atoms with Gasteiger partial charge in [0.2, 0.25) is 5.91 Å². The molecule has 2 saturated heterocycles. The predicted molar refractivity (Wildman–Crippen MR) is 81.6 cm³/mol. The molecule has 23 heavy (non-hydrogen) atoms. The van der Waals surface area contributed by atoms with E-state index in [1.807, 2.05) is 35.2 Å². The number of carbonyl (C=O) groups is 2. The molecule has 2 amide bonds. The lowest BCUT2D eigenvalue weighted by molar-refractivity contribution is -0.158. The molecule has 122 valence electrons. The topological polar surface area (TPSA) is 59.1 Å². The highest BCUT2D eigenvalue weighted by Crippen LogP contribution is 2.33. The molecule has 2 atom stereocenters. The van der Waals surface area contributed by atoms with Crippen LogP contribution in [0.1, 0.15) is 18.4 Å². The number of nitrogens with zero attached hydrogens (tertiary/aromatic N) is 2. The molecule has 0 spiro atoms. The molecular weight excluding hydrogens is 296 g/mol. The summed E-state index contributed by atoms with van der Waals surface area (Å²) in [4.78, 5) is 28.6. The Morgan fingerprint density at radius 1 is 1.17 bits per heavy atom. The lowest BCUT2D eigenvalue weighted by atomic mass is 10.0. The maximum Gasteiger partial charge on any atom is 0.411 e. The van der Waals surface area contributed by atoms with Crippen LogP contribution in [-0.2, 0) is 20.9 Å². The van der Waals surface area contributed by atoms with E-state index in [0.717, 1.165) is 18.4 Å². The van der Waals surface area contributed by atoms with Crippen molar-refractivity contribution in [1.29, 1.82) is 0 Å². The van der Waals surface area contributed by atoms with Crippen LogP contribution in [0.2, 0.25) is 0 Å². The van der Waals surface area contributed by atoms with Crippen molar-refractivity contribution >= 4 is 12.0 Å². The number of fused-ring (bicyclic) bond motifs is 2. The van der Waals surface area contributed by atoms with Crippen molar-refractivity contribution in [3.05, 3.63) is 35.9 Å². The van der Waals surface area contributed by atoms with Gasteiger partial charge in [0.25, 0.3) is 0 Å². The van der Waals surface area contributed by atoms with Crippen molar-refractivity contribution in [2.24, 2.45) is 0 Å². The Balaban J connectivity index is 1.45. The highest BCUT2D eigenvalue weighted by Gasteiger charge is 2.50. The van der Waals surface area contributed by atoms with Crippen LogP contribution in [0.5, 0.6) is 0 Å². The third-order valence-electron chi connectivity index (χ3n) is 4.69. The Hall–Kier alpha value is -2.08. The number of benzene rings is 1. The number of ether oxygens (including phenoxy) is 2. The average Bonchev–Trinajstić information content (AvgIpc) is 3.41. The number of morpholine rings is 1. The molecule has 2 aliphatic heterocycles. The van der Waals surface area contributed by atoms with E-state index in [2.05, 4.69) is 0 Å². The van der Waals surface area contributed by atoms with Crippen LogP contribution in [-0.4, -0.2) is 59.7 Å². The molecule has 4 rings (SSSR count). The second kappa shape index (κ2) is 5.85. The summed E-state index contributed by atoms with van der Waals surface area (Å²) in [6, 6.07) is 9.28. The van der Waals surface area contributed by atoms with Crippen LogP contribution in [0.15, 0.2) is 30.3 Å². The van der Waals surface area contributed by atoms with Crippen molar-refractivity contribution in [1.82, 2.24) is 9.80 Å². The molecule has 0 radical (unpaired) electrons. The summed E-state index contributed by atoms with van der Waals surface area (Å²) in [6.07, 6.45) is 1.73. The van der Waals surface area contributed by atoms with Gasteiger partial charge < -0.3 is 14.4 Å². The second-order valence-corrected chi connectivity index (χ2v) is 6.38. The standard InChI is InChI=1S/C17H20N2O4/c20-16-15-11-22-10-14(8-18(16)13-6-7-13)19(15)17(21)23-9-12-4-2-1-3-5-12/h1-5,13-15H,6-11H2/t14-,15-/m0/s1. The summed E-state index contributed by atoms with van der Waals surface area (Å²) < 4.78 is 10.9. The largest absolute Gasteiger partial charge is 0.445 e. The molecule has 0 N–H and O–H groups in total. The van der Waals surface area contributed by atoms with Crippen LogP contribution in [0.4, 0.5) is 4.79 Å². The van der Waals surface area contributed by atoms with Crippen molar-refractivity contribution in [2.75, 3.05) is 19.8 Å². The van der Waals surface area contributed by atoms with Gasteiger partial charge in [-0.1, -0.05) is 30.3 Å². The van der Waals surface area contributed by atoms with Crippen molar-refractivity contribution in [3.63, 3.8) is 0 Å².